The summed E-state index contributed by atoms with van der Waals surface area (Å²) in [5, 5.41) is 2.67. The maximum Gasteiger partial charge on any atom is 0.573 e. The maximum atomic E-state index is 12.2. The summed E-state index contributed by atoms with van der Waals surface area (Å²) in [6.45, 7) is 5.04. The number of ether oxygens (including phenoxy) is 1. The van der Waals surface area contributed by atoms with Crippen molar-refractivity contribution in [3.63, 3.8) is 0 Å². The first kappa shape index (κ1) is 19.5. The van der Waals surface area contributed by atoms with Crippen LogP contribution >= 0.6 is 0 Å². The fourth-order valence-electron chi connectivity index (χ4n) is 3.29. The Bertz CT molecular complexity index is 685. The van der Waals surface area contributed by atoms with Crippen LogP contribution in [-0.2, 0) is 9.59 Å². The van der Waals surface area contributed by atoms with E-state index in [1.54, 1.807) is 0 Å². The first-order valence-electron chi connectivity index (χ1n) is 8.99. The summed E-state index contributed by atoms with van der Waals surface area (Å²) in [4.78, 5) is 27.3. The Morgan fingerprint density at radius 1 is 1.22 bits per heavy atom. The molecule has 0 radical (unpaired) electrons. The van der Waals surface area contributed by atoms with Crippen LogP contribution in [0.3, 0.4) is 0 Å². The third kappa shape index (κ3) is 5.59. The first-order valence-corrected chi connectivity index (χ1v) is 8.99. The number of nitrogens with zero attached hydrogens (tertiary/aromatic N) is 1. The summed E-state index contributed by atoms with van der Waals surface area (Å²) in [6, 6.07) is 5.03. The molecule has 1 heterocycles. The number of quaternary nitrogens is 1. The van der Waals surface area contributed by atoms with Crippen molar-refractivity contribution in [2.45, 2.75) is 19.7 Å². The van der Waals surface area contributed by atoms with E-state index in [4.69, 9.17) is 0 Å². The van der Waals surface area contributed by atoms with Crippen molar-refractivity contribution in [1.82, 2.24) is 4.90 Å². The fourth-order valence-corrected chi connectivity index (χ4v) is 3.29. The molecule has 2 amide bonds. The van der Waals surface area contributed by atoms with Crippen molar-refractivity contribution in [3.8, 4) is 5.75 Å². The van der Waals surface area contributed by atoms with Gasteiger partial charge in [-0.05, 0) is 36.6 Å². The summed E-state index contributed by atoms with van der Waals surface area (Å²) < 4.78 is 40.2. The quantitative estimate of drug-likeness (QED) is 0.791. The SMILES string of the molecule is C[C@@H]1C[C@H]1C(=O)N1CC[NH+](CC(=O)Nc2ccc(OC(F)(F)F)cc2)CC1. The van der Waals surface area contributed by atoms with Gasteiger partial charge in [-0.2, -0.15) is 0 Å². The third-order valence-corrected chi connectivity index (χ3v) is 4.99. The summed E-state index contributed by atoms with van der Waals surface area (Å²) >= 11 is 0. The highest BCUT2D eigenvalue weighted by Gasteiger charge is 2.42. The molecule has 3 rings (SSSR count). The normalized spacial score (nSPS) is 23.0. The lowest BCUT2D eigenvalue weighted by Gasteiger charge is -2.32. The van der Waals surface area contributed by atoms with E-state index in [0.29, 0.717) is 37.8 Å². The summed E-state index contributed by atoms with van der Waals surface area (Å²) in [5.41, 5.74) is 0.408. The predicted molar refractivity (Wildman–Crippen MR) is 91.2 cm³/mol. The van der Waals surface area contributed by atoms with E-state index < -0.39 is 6.36 Å². The van der Waals surface area contributed by atoms with Crippen LogP contribution in [-0.4, -0.2) is 55.8 Å². The minimum atomic E-state index is -4.74. The van der Waals surface area contributed by atoms with Crippen LogP contribution < -0.4 is 15.0 Å². The number of amides is 2. The Hall–Kier alpha value is -2.29. The van der Waals surface area contributed by atoms with E-state index in [9.17, 15) is 22.8 Å². The molecular formula is C18H23F3N3O3+. The minimum Gasteiger partial charge on any atom is -0.406 e. The second-order valence-corrected chi connectivity index (χ2v) is 7.19. The number of hydrogen-bond acceptors (Lipinski definition) is 3. The Kier molecular flexibility index (Phi) is 5.59. The van der Waals surface area contributed by atoms with Gasteiger partial charge in [0.15, 0.2) is 6.54 Å². The first-order chi connectivity index (χ1) is 12.7. The van der Waals surface area contributed by atoms with Crippen molar-refractivity contribution in [2.75, 3.05) is 38.0 Å². The zero-order chi connectivity index (χ0) is 19.6. The fraction of sp³-hybridized carbons (Fsp3) is 0.556. The highest BCUT2D eigenvalue weighted by molar-refractivity contribution is 5.91. The molecule has 1 aromatic rings. The van der Waals surface area contributed by atoms with Gasteiger partial charge in [0, 0.05) is 11.6 Å². The molecule has 0 aromatic heterocycles. The Morgan fingerprint density at radius 2 is 1.81 bits per heavy atom. The van der Waals surface area contributed by atoms with Crippen LogP contribution in [0.25, 0.3) is 0 Å². The summed E-state index contributed by atoms with van der Waals surface area (Å²) in [7, 11) is 0. The zero-order valence-corrected chi connectivity index (χ0v) is 15.0. The molecule has 2 atom stereocenters. The average molecular weight is 386 g/mol. The second-order valence-electron chi connectivity index (χ2n) is 7.19. The molecule has 0 spiro atoms. The number of hydrogen-bond donors (Lipinski definition) is 2. The van der Waals surface area contributed by atoms with E-state index in [1.165, 1.54) is 12.1 Å². The lowest BCUT2D eigenvalue weighted by atomic mass is 10.2. The minimum absolute atomic E-state index is 0.180. The van der Waals surface area contributed by atoms with E-state index in [-0.39, 0.29) is 30.0 Å². The number of carbonyl (C=O) groups is 2. The van der Waals surface area contributed by atoms with Crippen molar-refractivity contribution in [3.05, 3.63) is 24.3 Å². The number of benzene rings is 1. The molecule has 9 heteroatoms. The van der Waals surface area contributed by atoms with Crippen molar-refractivity contribution in [2.24, 2.45) is 11.8 Å². The standard InChI is InChI=1S/C18H22F3N3O3/c1-12-10-15(12)17(26)24-8-6-23(7-9-24)11-16(25)22-13-2-4-14(5-3-13)27-18(19,20)21/h2-5,12,15H,6-11H2,1H3,(H,22,25)/p+1/t12-,15-/m1/s1. The number of nitrogens with one attached hydrogen (secondary N) is 2. The van der Waals surface area contributed by atoms with Gasteiger partial charge < -0.3 is 19.9 Å². The molecule has 2 fully saturated rings. The molecule has 1 aromatic carbocycles. The molecule has 0 bridgehead atoms. The molecular weight excluding hydrogens is 363 g/mol. The lowest BCUT2D eigenvalue weighted by molar-refractivity contribution is -0.895. The second kappa shape index (κ2) is 7.75. The van der Waals surface area contributed by atoms with Gasteiger partial charge in [0.1, 0.15) is 5.75 Å². The largest absolute Gasteiger partial charge is 0.573 e. The number of carbonyl (C=O) groups excluding carboxylic acids is 2. The van der Waals surface area contributed by atoms with E-state index in [1.807, 2.05) is 4.90 Å². The van der Waals surface area contributed by atoms with Crippen LogP contribution in [0.5, 0.6) is 5.75 Å². The van der Waals surface area contributed by atoms with Gasteiger partial charge in [-0.3, -0.25) is 9.59 Å². The van der Waals surface area contributed by atoms with Crippen LogP contribution in [0.2, 0.25) is 0 Å². The number of anilines is 1. The molecule has 27 heavy (non-hydrogen) atoms. The zero-order valence-electron chi connectivity index (χ0n) is 15.0. The number of rotatable bonds is 5. The van der Waals surface area contributed by atoms with Crippen LogP contribution in [0.4, 0.5) is 18.9 Å². The monoisotopic (exact) mass is 386 g/mol. The summed E-state index contributed by atoms with van der Waals surface area (Å²) in [5.74, 6) is 0.342. The lowest BCUT2D eigenvalue weighted by Crippen LogP contribution is -3.15. The predicted octanol–water partition coefficient (Wildman–Crippen LogP) is 0.907. The Labute approximate surface area is 155 Å². The van der Waals surface area contributed by atoms with Gasteiger partial charge in [-0.25, -0.2) is 0 Å². The third-order valence-electron chi connectivity index (χ3n) is 4.99. The van der Waals surface area contributed by atoms with E-state index in [0.717, 1.165) is 23.5 Å². The van der Waals surface area contributed by atoms with Crippen LogP contribution in [0.15, 0.2) is 24.3 Å². The van der Waals surface area contributed by atoms with Gasteiger partial charge >= 0.3 is 6.36 Å². The van der Waals surface area contributed by atoms with Gasteiger partial charge in [0.25, 0.3) is 5.91 Å². The Morgan fingerprint density at radius 3 is 2.33 bits per heavy atom. The molecule has 6 nitrogen and oxygen atoms in total. The molecule has 1 aliphatic heterocycles. The van der Waals surface area contributed by atoms with Crippen molar-refractivity contribution >= 4 is 17.5 Å². The molecule has 0 unspecified atom stereocenters. The number of halogens is 3. The van der Waals surface area contributed by atoms with Gasteiger partial charge in [0.05, 0.1) is 26.2 Å². The summed E-state index contributed by atoms with van der Waals surface area (Å²) in [6.07, 6.45) is -3.77. The Balaban J connectivity index is 1.41. The van der Waals surface area contributed by atoms with Crippen molar-refractivity contribution in [1.29, 1.82) is 0 Å². The molecule has 2 N–H and O–H groups in total. The smallest absolute Gasteiger partial charge is 0.406 e. The molecule has 1 saturated carbocycles. The van der Waals surface area contributed by atoms with Gasteiger partial charge in [0.2, 0.25) is 5.91 Å². The van der Waals surface area contributed by atoms with Crippen molar-refractivity contribution < 1.29 is 32.4 Å². The number of piperazine rings is 1. The average Bonchev–Trinajstić information content (AvgIpc) is 3.32. The molecule has 1 saturated heterocycles. The van der Waals surface area contributed by atoms with Gasteiger partial charge in [-0.15, -0.1) is 13.2 Å². The number of alkyl halides is 3. The highest BCUT2D eigenvalue weighted by Crippen LogP contribution is 2.39. The maximum absolute atomic E-state index is 12.2. The van der Waals surface area contributed by atoms with Crippen LogP contribution in [0.1, 0.15) is 13.3 Å². The topological polar surface area (TPSA) is 63.1 Å². The van der Waals surface area contributed by atoms with Gasteiger partial charge in [-0.1, -0.05) is 6.92 Å². The van der Waals surface area contributed by atoms with E-state index in [2.05, 4.69) is 17.0 Å². The molecule has 2 aliphatic rings. The van der Waals surface area contributed by atoms with E-state index >= 15 is 0 Å². The molecule has 1 aliphatic carbocycles. The van der Waals surface area contributed by atoms with Crippen LogP contribution in [0, 0.1) is 11.8 Å². The molecule has 148 valence electrons. The highest BCUT2D eigenvalue weighted by atomic mass is 19.4.